The molecule has 1 aliphatic heterocycles. The molecule has 3 rings (SSSR count). The van der Waals surface area contributed by atoms with Crippen LogP contribution in [0.2, 0.25) is 0 Å². The summed E-state index contributed by atoms with van der Waals surface area (Å²) in [5, 5.41) is 17.5. The summed E-state index contributed by atoms with van der Waals surface area (Å²) in [7, 11) is -11.7. The van der Waals surface area contributed by atoms with E-state index in [2.05, 4.69) is 5.32 Å². The molecule has 1 saturated heterocycles. The third kappa shape index (κ3) is 16.3. The van der Waals surface area contributed by atoms with Crippen LogP contribution in [0, 0.1) is 0 Å². The smallest absolute Gasteiger partial charge is 0.776 e. The van der Waals surface area contributed by atoms with E-state index in [0.29, 0.717) is 44.2 Å². The zero-order valence-corrected chi connectivity index (χ0v) is 37.8. The van der Waals surface area contributed by atoms with Crippen molar-refractivity contribution < 1.29 is 131 Å². The van der Waals surface area contributed by atoms with Crippen molar-refractivity contribution in [1.29, 1.82) is 0 Å². The van der Waals surface area contributed by atoms with Crippen LogP contribution in [0.3, 0.4) is 0 Å². The van der Waals surface area contributed by atoms with Crippen LogP contribution < -0.4 is 74.2 Å². The van der Waals surface area contributed by atoms with Gasteiger partial charge < -0.3 is 53.9 Å². The Hall–Kier alpha value is -1.82. The minimum absolute atomic E-state index is 0. The summed E-state index contributed by atoms with van der Waals surface area (Å²) >= 11 is 0. The molecule has 4 atom stereocenters. The number of nitrogens with one attached hydrogen (secondary N) is 1. The molecule has 1 heterocycles. The van der Waals surface area contributed by atoms with Crippen LogP contribution in [0.1, 0.15) is 92.1 Å². The van der Waals surface area contributed by atoms with Crippen LogP contribution in [0.5, 0.6) is 0 Å². The number of hydrogen-bond acceptors (Lipinski definition) is 10. The second kappa shape index (κ2) is 24.4. The van der Waals surface area contributed by atoms with Gasteiger partial charge in [-0.05, 0) is 62.3 Å². The first kappa shape index (κ1) is 53.2. The van der Waals surface area contributed by atoms with E-state index in [-0.39, 0.29) is 115 Å². The molecular formula is C36H46F2N2Na2O13P2. The van der Waals surface area contributed by atoms with E-state index < -0.39 is 69.0 Å². The molecule has 0 aliphatic carbocycles. The van der Waals surface area contributed by atoms with Crippen molar-refractivity contribution >= 4 is 38.9 Å². The molecule has 2 aromatic carbocycles. The van der Waals surface area contributed by atoms with Crippen molar-refractivity contribution in [2.45, 2.75) is 100 Å². The minimum Gasteiger partial charge on any atom is -0.776 e. The average molecular weight is 861 g/mol. The standard InChI is InChI=1S/C36H48F2N2O13P2.2Na/c37-36(38,28-11-5-3-6-12-28)30(20-18-29-19-21-31(41)40(29)24-10-2-1-7-13-32(42)43)53-33(44)25-26-14-16-27(17-15-26)34(45)39-23-9-4-8-22-35(46,54(47,48)49)55(50,51)52;;/h3,5-6,11-12,14-18,20,29-30,46H,1-2,4,7-10,13,19,21-25H2,(H,39,45)(H,42,43)(H2,47,48,49)(H2,50,51,52);;/q;2*+1/p-2/b20-18+;;/t29-,30+;;/m0../s1. The first-order valence-electron chi connectivity index (χ1n) is 17.8. The van der Waals surface area contributed by atoms with E-state index in [4.69, 9.17) is 19.6 Å². The van der Waals surface area contributed by atoms with Crippen LogP contribution in [-0.2, 0) is 40.6 Å². The molecule has 1 fully saturated rings. The number of hydrogen-bond donors (Lipinski definition) is 5. The normalized spacial score (nSPS) is 18.0. The van der Waals surface area contributed by atoms with Gasteiger partial charge in [0.1, 0.15) is 0 Å². The molecular weight excluding hydrogens is 814 g/mol. The number of carbonyl (C=O) groups is 4. The molecule has 0 radical (unpaired) electrons. The van der Waals surface area contributed by atoms with Crippen molar-refractivity contribution in [1.82, 2.24) is 10.2 Å². The molecule has 2 aromatic rings. The zero-order valence-electron chi connectivity index (χ0n) is 32.0. The van der Waals surface area contributed by atoms with Crippen molar-refractivity contribution in [2.24, 2.45) is 0 Å². The molecule has 57 heavy (non-hydrogen) atoms. The Morgan fingerprint density at radius 2 is 1.53 bits per heavy atom. The summed E-state index contributed by atoms with van der Waals surface area (Å²) < 4.78 is 59.6. The molecule has 2 unspecified atom stereocenters. The number of halogens is 2. The van der Waals surface area contributed by atoms with Gasteiger partial charge in [-0.3, -0.25) is 19.2 Å². The predicted molar refractivity (Wildman–Crippen MR) is 190 cm³/mol. The second-order valence-electron chi connectivity index (χ2n) is 13.3. The third-order valence-corrected chi connectivity index (χ3v) is 12.9. The van der Waals surface area contributed by atoms with Gasteiger partial charge in [0.25, 0.3) is 5.91 Å². The number of rotatable bonds is 23. The summed E-state index contributed by atoms with van der Waals surface area (Å²) in [6.45, 7) is 0.430. The van der Waals surface area contributed by atoms with Gasteiger partial charge in [-0.1, -0.05) is 67.8 Å². The number of esters is 1. The number of carboxylic acid groups (broad SMARTS) is 1. The number of carboxylic acids is 1. The number of benzene rings is 2. The van der Waals surface area contributed by atoms with Crippen LogP contribution in [0.4, 0.5) is 8.78 Å². The van der Waals surface area contributed by atoms with E-state index in [9.17, 15) is 43.2 Å². The number of aliphatic hydroxyl groups is 1. The maximum atomic E-state index is 15.8. The van der Waals surface area contributed by atoms with Crippen molar-refractivity contribution in [2.75, 3.05) is 13.1 Å². The Morgan fingerprint density at radius 1 is 0.930 bits per heavy atom. The number of ether oxygens (including phenoxy) is 1. The zero-order chi connectivity index (χ0) is 40.9. The molecule has 304 valence electrons. The SMILES string of the molecule is O=C(O)CCCCCCN1C(=O)CC[C@@H]1/C=C/[C@@H](OC(=O)Cc1ccc(C(=O)NCCCCCC(O)(P(=O)([O-])O)P(=O)([O-])O)cc1)C(F)(F)c1ccccc1.[Na+].[Na+]. The number of carbonyl (C=O) groups excluding carboxylic acids is 3. The van der Waals surface area contributed by atoms with Gasteiger partial charge in [0.2, 0.25) is 5.91 Å². The number of likely N-dealkylation sites (tertiary alicyclic amines) is 1. The molecule has 0 spiro atoms. The van der Waals surface area contributed by atoms with Gasteiger partial charge in [-0.15, -0.1) is 0 Å². The molecule has 15 nitrogen and oxygen atoms in total. The van der Waals surface area contributed by atoms with Gasteiger partial charge in [0.15, 0.2) is 26.4 Å². The van der Waals surface area contributed by atoms with Crippen LogP contribution in [-0.4, -0.2) is 79.0 Å². The van der Waals surface area contributed by atoms with Crippen molar-refractivity contribution in [3.63, 3.8) is 0 Å². The number of nitrogens with zero attached hydrogens (tertiary/aromatic N) is 1. The molecule has 5 N–H and O–H groups in total. The van der Waals surface area contributed by atoms with Crippen LogP contribution in [0.15, 0.2) is 66.7 Å². The summed E-state index contributed by atoms with van der Waals surface area (Å²) in [5.41, 5.74) is 0.153. The topological polar surface area (TPSA) is 254 Å². The van der Waals surface area contributed by atoms with E-state index in [1.54, 1.807) is 11.0 Å². The molecule has 0 bridgehead atoms. The van der Waals surface area contributed by atoms with Gasteiger partial charge in [-0.25, -0.2) is 0 Å². The quantitative estimate of drug-likeness (QED) is 0.0256. The fraction of sp³-hybridized carbons (Fsp3) is 0.500. The molecule has 0 saturated carbocycles. The molecule has 0 aromatic heterocycles. The minimum atomic E-state index is -5.86. The number of amides is 2. The van der Waals surface area contributed by atoms with Gasteiger partial charge >= 0.3 is 77.0 Å². The van der Waals surface area contributed by atoms with Gasteiger partial charge in [0.05, 0.1) is 12.5 Å². The summed E-state index contributed by atoms with van der Waals surface area (Å²) in [6, 6.07) is 12.0. The van der Waals surface area contributed by atoms with E-state index in [0.717, 1.165) is 6.08 Å². The van der Waals surface area contributed by atoms with Crippen molar-refractivity contribution in [3.8, 4) is 0 Å². The first-order valence-corrected chi connectivity index (χ1v) is 20.9. The second-order valence-corrected chi connectivity index (χ2v) is 17.2. The number of unbranched alkanes of at least 4 members (excludes halogenated alkanes) is 5. The largest absolute Gasteiger partial charge is 1.00 e. The number of aliphatic carboxylic acids is 1. The summed E-state index contributed by atoms with van der Waals surface area (Å²) in [5.74, 6) is -6.15. The first-order chi connectivity index (χ1) is 25.8. The van der Waals surface area contributed by atoms with E-state index in [1.807, 2.05) is 0 Å². The maximum absolute atomic E-state index is 15.8. The molecule has 21 heteroatoms. The fourth-order valence-corrected chi connectivity index (χ4v) is 8.14. The van der Waals surface area contributed by atoms with Gasteiger partial charge in [-0.2, -0.15) is 8.78 Å². The Balaban J connectivity index is 0.00000812. The Morgan fingerprint density at radius 3 is 2.12 bits per heavy atom. The molecule has 2 amide bonds. The summed E-state index contributed by atoms with van der Waals surface area (Å²) in [6.07, 6.45) is 2.43. The third-order valence-electron chi connectivity index (χ3n) is 9.14. The van der Waals surface area contributed by atoms with E-state index >= 15 is 8.78 Å². The van der Waals surface area contributed by atoms with Crippen molar-refractivity contribution in [3.05, 3.63) is 83.4 Å². The maximum Gasteiger partial charge on any atom is 1.00 e. The van der Waals surface area contributed by atoms with Gasteiger partial charge in [0, 0.05) is 37.1 Å². The van der Waals surface area contributed by atoms with Crippen LogP contribution >= 0.6 is 15.2 Å². The Kier molecular flexibility index (Phi) is 22.8. The Labute approximate surface area is 373 Å². The molecule has 1 aliphatic rings. The summed E-state index contributed by atoms with van der Waals surface area (Å²) in [4.78, 5) is 91.2. The monoisotopic (exact) mass is 860 g/mol. The van der Waals surface area contributed by atoms with Crippen LogP contribution in [0.25, 0.3) is 0 Å². The fourth-order valence-electron chi connectivity index (χ4n) is 5.98. The number of alkyl halides is 2. The predicted octanol–water partition coefficient (Wildman–Crippen LogP) is -2.45. The Bertz CT molecular complexity index is 1720. The van der Waals surface area contributed by atoms with E-state index in [1.165, 1.54) is 54.6 Å². The average Bonchev–Trinajstić information content (AvgIpc) is 3.47.